The highest BCUT2D eigenvalue weighted by Gasteiger charge is 2.16. The number of hydrogen-bond acceptors (Lipinski definition) is 6. The number of nitrogens with zero attached hydrogens (tertiary/aromatic N) is 2. The van der Waals surface area contributed by atoms with Crippen molar-refractivity contribution in [3.05, 3.63) is 22.5 Å². The minimum Gasteiger partial charge on any atom is -0.480 e. The molecule has 92 valence electrons. The molecule has 0 aliphatic heterocycles. The third kappa shape index (κ3) is 3.40. The number of rotatable bonds is 5. The van der Waals surface area contributed by atoms with Crippen LogP contribution in [-0.4, -0.2) is 35.2 Å². The van der Waals surface area contributed by atoms with E-state index in [2.05, 4.69) is 9.84 Å². The number of methoxy groups -OCH3 is 1. The van der Waals surface area contributed by atoms with E-state index in [4.69, 9.17) is 4.74 Å². The van der Waals surface area contributed by atoms with Gasteiger partial charge < -0.3 is 9.47 Å². The molecular weight excluding hydrogens is 228 g/mol. The van der Waals surface area contributed by atoms with Gasteiger partial charge in [-0.15, -0.1) is 5.10 Å². The maximum absolute atomic E-state index is 11.3. The molecule has 0 aliphatic carbocycles. The van der Waals surface area contributed by atoms with Gasteiger partial charge >= 0.3 is 5.97 Å². The molecule has 1 heterocycles. The smallest absolute Gasteiger partial charge is 0.376 e. The van der Waals surface area contributed by atoms with E-state index in [0.717, 1.165) is 4.68 Å². The van der Waals surface area contributed by atoms with Crippen molar-refractivity contribution >= 4 is 11.8 Å². The van der Waals surface area contributed by atoms with Gasteiger partial charge in [0.2, 0.25) is 5.88 Å². The molecule has 0 spiro atoms. The quantitative estimate of drug-likeness (QED) is 0.503. The third-order valence-corrected chi connectivity index (χ3v) is 1.85. The second kappa shape index (κ2) is 5.78. The average Bonchev–Trinajstić information content (AvgIpc) is 2.32. The largest absolute Gasteiger partial charge is 0.480 e. The number of esters is 1. The van der Waals surface area contributed by atoms with Gasteiger partial charge in [0.1, 0.15) is 6.54 Å². The minimum absolute atomic E-state index is 0.102. The predicted molar refractivity (Wildman–Crippen MR) is 56.7 cm³/mol. The van der Waals surface area contributed by atoms with E-state index in [1.54, 1.807) is 6.92 Å². The summed E-state index contributed by atoms with van der Waals surface area (Å²) in [6.45, 7) is 1.22. The maximum atomic E-state index is 11.3. The second-order valence-electron chi connectivity index (χ2n) is 3.02. The van der Waals surface area contributed by atoms with Crippen LogP contribution in [0.25, 0.3) is 0 Å². The lowest BCUT2D eigenvalue weighted by molar-refractivity contribution is -0.153. The first-order chi connectivity index (χ1) is 8.08. The van der Waals surface area contributed by atoms with Crippen molar-refractivity contribution in [1.29, 1.82) is 0 Å². The highest BCUT2D eigenvalue weighted by atomic mass is 16.5. The van der Waals surface area contributed by atoms with Crippen molar-refractivity contribution in [2.24, 2.45) is 0 Å². The summed E-state index contributed by atoms with van der Waals surface area (Å²) in [5.74, 6) is -1.64. The van der Waals surface area contributed by atoms with Crippen LogP contribution < -0.4 is 10.3 Å². The van der Waals surface area contributed by atoms with Crippen LogP contribution in [0, 0.1) is 0 Å². The van der Waals surface area contributed by atoms with E-state index < -0.39 is 23.9 Å². The van der Waals surface area contributed by atoms with Crippen molar-refractivity contribution in [2.45, 2.75) is 13.5 Å². The fraction of sp³-hybridized carbons (Fsp3) is 0.400. The lowest BCUT2D eigenvalue weighted by Crippen LogP contribution is -2.30. The van der Waals surface area contributed by atoms with Crippen LogP contribution in [0.1, 0.15) is 6.92 Å². The van der Waals surface area contributed by atoms with E-state index >= 15 is 0 Å². The standard InChI is InChI=1S/C10H12N2O5/c1-3-17-10(15)7(13)6-12-9(14)5-4-8(11-12)16-2/h4-5H,3,6H2,1-2H3. The molecule has 0 fully saturated rings. The summed E-state index contributed by atoms with van der Waals surface area (Å²) < 4.78 is 10.2. The monoisotopic (exact) mass is 240 g/mol. The molecule has 0 N–H and O–H groups in total. The Kier molecular flexibility index (Phi) is 4.38. The van der Waals surface area contributed by atoms with Crippen LogP contribution in [0.2, 0.25) is 0 Å². The summed E-state index contributed by atoms with van der Waals surface area (Å²) in [6.07, 6.45) is 0. The lowest BCUT2D eigenvalue weighted by atomic mass is 10.4. The Morgan fingerprint density at radius 3 is 2.71 bits per heavy atom. The van der Waals surface area contributed by atoms with E-state index in [1.165, 1.54) is 19.2 Å². The molecule has 1 rings (SSSR count). The molecular formula is C10H12N2O5. The summed E-state index contributed by atoms with van der Waals surface area (Å²) in [4.78, 5) is 33.8. The first kappa shape index (κ1) is 12.9. The van der Waals surface area contributed by atoms with Crippen molar-refractivity contribution < 1.29 is 19.1 Å². The maximum Gasteiger partial charge on any atom is 0.376 e. The molecule has 17 heavy (non-hydrogen) atoms. The summed E-state index contributed by atoms with van der Waals surface area (Å²) >= 11 is 0. The molecule has 0 bridgehead atoms. The summed E-state index contributed by atoms with van der Waals surface area (Å²) in [5.41, 5.74) is -0.497. The highest BCUT2D eigenvalue weighted by molar-refractivity contribution is 6.33. The highest BCUT2D eigenvalue weighted by Crippen LogP contribution is 1.99. The van der Waals surface area contributed by atoms with Gasteiger partial charge in [-0.25, -0.2) is 9.48 Å². The molecule has 1 aromatic rings. The molecule has 0 aromatic carbocycles. The van der Waals surface area contributed by atoms with Crippen LogP contribution in [0.15, 0.2) is 16.9 Å². The Morgan fingerprint density at radius 1 is 1.41 bits per heavy atom. The fourth-order valence-electron chi connectivity index (χ4n) is 1.06. The van der Waals surface area contributed by atoms with Gasteiger partial charge in [-0.3, -0.25) is 9.59 Å². The Morgan fingerprint density at radius 2 is 2.12 bits per heavy atom. The van der Waals surface area contributed by atoms with E-state index in [1.807, 2.05) is 0 Å². The zero-order valence-corrected chi connectivity index (χ0v) is 9.50. The zero-order valence-electron chi connectivity index (χ0n) is 9.50. The first-order valence-corrected chi connectivity index (χ1v) is 4.90. The Bertz CT molecular complexity index is 480. The SMILES string of the molecule is CCOC(=O)C(=O)Cn1nc(OC)ccc1=O. The molecule has 0 amide bonds. The van der Waals surface area contributed by atoms with E-state index in [-0.39, 0.29) is 12.5 Å². The number of hydrogen-bond donors (Lipinski definition) is 0. The third-order valence-electron chi connectivity index (χ3n) is 1.85. The van der Waals surface area contributed by atoms with E-state index in [0.29, 0.717) is 0 Å². The van der Waals surface area contributed by atoms with Gasteiger partial charge in [0.25, 0.3) is 11.3 Å². The van der Waals surface area contributed by atoms with Crippen molar-refractivity contribution in [3.8, 4) is 5.88 Å². The molecule has 0 radical (unpaired) electrons. The lowest BCUT2D eigenvalue weighted by Gasteiger charge is -2.04. The van der Waals surface area contributed by atoms with Crippen molar-refractivity contribution in [3.63, 3.8) is 0 Å². The molecule has 7 nitrogen and oxygen atoms in total. The molecule has 1 aromatic heterocycles. The summed E-state index contributed by atoms with van der Waals surface area (Å²) in [5, 5.41) is 3.73. The normalized spacial score (nSPS) is 9.76. The van der Waals surface area contributed by atoms with Crippen molar-refractivity contribution in [2.75, 3.05) is 13.7 Å². The predicted octanol–water partition coefficient (Wildman–Crippen LogP) is -0.616. The number of Topliss-reactive ketones (excluding diaryl/α,β-unsaturated/α-hetero) is 1. The Hall–Kier alpha value is -2.18. The summed E-state index contributed by atoms with van der Waals surface area (Å²) in [7, 11) is 1.38. The van der Waals surface area contributed by atoms with Gasteiger partial charge in [-0.1, -0.05) is 0 Å². The number of carbonyl (C=O) groups is 2. The van der Waals surface area contributed by atoms with Gasteiger partial charge in [-0.2, -0.15) is 0 Å². The number of ether oxygens (including phenoxy) is 2. The number of carbonyl (C=O) groups excluding carboxylic acids is 2. The van der Waals surface area contributed by atoms with Gasteiger partial charge in [0, 0.05) is 12.1 Å². The molecule has 0 saturated carbocycles. The topological polar surface area (TPSA) is 87.5 Å². The van der Waals surface area contributed by atoms with Crippen LogP contribution >= 0.6 is 0 Å². The molecule has 0 unspecified atom stereocenters. The van der Waals surface area contributed by atoms with Gasteiger partial charge in [0.05, 0.1) is 13.7 Å². The van der Waals surface area contributed by atoms with Gasteiger partial charge in [-0.05, 0) is 6.92 Å². The molecule has 0 saturated heterocycles. The number of ketones is 1. The van der Waals surface area contributed by atoms with E-state index in [9.17, 15) is 14.4 Å². The fourth-order valence-corrected chi connectivity index (χ4v) is 1.06. The molecule has 0 aliphatic rings. The average molecular weight is 240 g/mol. The van der Waals surface area contributed by atoms with Gasteiger partial charge in [0.15, 0.2) is 0 Å². The van der Waals surface area contributed by atoms with Crippen LogP contribution in [-0.2, 0) is 20.9 Å². The first-order valence-electron chi connectivity index (χ1n) is 4.90. The second-order valence-corrected chi connectivity index (χ2v) is 3.02. The summed E-state index contributed by atoms with van der Waals surface area (Å²) in [6, 6.07) is 2.57. The van der Waals surface area contributed by atoms with Crippen LogP contribution in [0.4, 0.5) is 0 Å². The molecule has 0 atom stereocenters. The zero-order chi connectivity index (χ0) is 12.8. The Balaban J connectivity index is 2.84. The van der Waals surface area contributed by atoms with Crippen LogP contribution in [0.5, 0.6) is 5.88 Å². The Labute approximate surface area is 97.0 Å². The number of aromatic nitrogens is 2. The molecule has 7 heteroatoms. The van der Waals surface area contributed by atoms with Crippen molar-refractivity contribution in [1.82, 2.24) is 9.78 Å². The minimum atomic E-state index is -0.982. The van der Waals surface area contributed by atoms with Crippen LogP contribution in [0.3, 0.4) is 0 Å².